The number of para-hydroxylation sites is 2. The zero-order valence-electron chi connectivity index (χ0n) is 11.9. The summed E-state index contributed by atoms with van der Waals surface area (Å²) in [7, 11) is 0. The first-order valence-electron chi connectivity index (χ1n) is 7.39. The zero-order valence-corrected chi connectivity index (χ0v) is 12.7. The lowest BCUT2D eigenvalue weighted by atomic mass is 10.2. The molecule has 7 rings (SSSR count). The molecule has 0 N–H and O–H groups in total. The van der Waals surface area contributed by atoms with Crippen molar-refractivity contribution in [2.24, 2.45) is 0 Å². The second-order valence-corrected chi connectivity index (χ2v) is 6.65. The summed E-state index contributed by atoms with van der Waals surface area (Å²) < 4.78 is 16.4. The van der Waals surface area contributed by atoms with Crippen LogP contribution >= 0.6 is 11.3 Å². The van der Waals surface area contributed by atoms with Crippen LogP contribution in [0.1, 0.15) is 0 Å². The first-order chi connectivity index (χ1) is 11.4. The van der Waals surface area contributed by atoms with E-state index >= 15 is 0 Å². The van der Waals surface area contributed by atoms with Gasteiger partial charge < -0.3 is 0 Å². The number of rotatable bonds is 0. The summed E-state index contributed by atoms with van der Waals surface area (Å²) >= 11 is 1.64. The molecule has 23 heavy (non-hydrogen) atoms. The number of pyridine rings is 2. The average molecular weight is 318 g/mol. The van der Waals surface area contributed by atoms with E-state index in [1.54, 1.807) is 11.3 Å². The Labute approximate surface area is 133 Å². The molecule has 0 fully saturated rings. The maximum atomic E-state index is 6.30. The first kappa shape index (κ1) is 11.6. The van der Waals surface area contributed by atoms with Crippen LogP contribution in [0.15, 0.2) is 69.7 Å². The van der Waals surface area contributed by atoms with Crippen molar-refractivity contribution in [3.8, 4) is 0 Å². The molecule has 0 radical (unpaired) electrons. The van der Waals surface area contributed by atoms with Crippen molar-refractivity contribution >= 4 is 54.0 Å². The van der Waals surface area contributed by atoms with Crippen molar-refractivity contribution in [1.29, 1.82) is 0 Å². The third kappa shape index (κ3) is 1.40. The summed E-state index contributed by atoms with van der Waals surface area (Å²) in [5.74, 6) is 0. The predicted octanol–water partition coefficient (Wildman–Crippen LogP) is 3.87. The highest BCUT2D eigenvalue weighted by Crippen LogP contribution is 2.24. The fourth-order valence-electron chi connectivity index (χ4n) is 3.24. The van der Waals surface area contributed by atoms with Gasteiger partial charge in [0.1, 0.15) is 0 Å². The van der Waals surface area contributed by atoms with Crippen LogP contribution in [0, 0.1) is 0 Å². The minimum Gasteiger partial charge on any atom is -0.222 e. The summed E-state index contributed by atoms with van der Waals surface area (Å²) in [6, 6.07) is 20.5. The number of nitrogens with zero attached hydrogens (tertiary/aromatic N) is 2. The van der Waals surface area contributed by atoms with Gasteiger partial charge in [-0.2, -0.15) is 0 Å². The molecule has 108 valence electrons. The van der Waals surface area contributed by atoms with Crippen LogP contribution in [-0.2, 0) is 0 Å². The fourth-order valence-corrected chi connectivity index (χ4v) is 4.15. The monoisotopic (exact) mass is 318 g/mol. The topological polar surface area (TPSA) is 34.5 Å². The summed E-state index contributed by atoms with van der Waals surface area (Å²) in [6.45, 7) is 0. The van der Waals surface area contributed by atoms with Crippen LogP contribution in [-0.4, -0.2) is 0 Å². The Morgan fingerprint density at radius 2 is 1.13 bits per heavy atom. The number of hydrogen-bond donors (Lipinski definition) is 0. The molecule has 5 heteroatoms. The van der Waals surface area contributed by atoms with Crippen LogP contribution in [0.25, 0.3) is 42.6 Å². The van der Waals surface area contributed by atoms with Gasteiger partial charge in [0.15, 0.2) is 0 Å². The molecule has 0 aliphatic carbocycles. The second-order valence-electron chi connectivity index (χ2n) is 5.60. The minimum absolute atomic E-state index is 0.790. The second kappa shape index (κ2) is 3.88. The van der Waals surface area contributed by atoms with Gasteiger partial charge in [-0.1, -0.05) is 12.1 Å². The Bertz CT molecular complexity index is 1270. The van der Waals surface area contributed by atoms with Gasteiger partial charge in [-0.3, -0.25) is 0 Å². The third-order valence-electron chi connectivity index (χ3n) is 4.27. The highest BCUT2D eigenvalue weighted by molar-refractivity contribution is 7.21. The van der Waals surface area contributed by atoms with Crippen LogP contribution in [0.4, 0.5) is 0 Å². The molecular weight excluding hydrogens is 308 g/mol. The van der Waals surface area contributed by atoms with Crippen LogP contribution in [0.2, 0.25) is 0 Å². The quantitative estimate of drug-likeness (QED) is 0.398. The molecule has 0 atom stereocenters. The highest BCUT2D eigenvalue weighted by Gasteiger charge is 2.25. The molecule has 6 bridgehead atoms. The maximum absolute atomic E-state index is 6.30. The lowest BCUT2D eigenvalue weighted by molar-refractivity contribution is -0.709. The molecule has 5 aromatic heterocycles. The number of hydrogen-bond acceptors (Lipinski definition) is 3. The molecule has 0 saturated carbocycles. The lowest BCUT2D eigenvalue weighted by Gasteiger charge is -2.00. The van der Waals surface area contributed by atoms with Gasteiger partial charge in [0.05, 0.1) is 10.8 Å². The van der Waals surface area contributed by atoms with Gasteiger partial charge in [0, 0.05) is 32.6 Å². The van der Waals surface area contributed by atoms with Crippen LogP contribution in [0.5, 0.6) is 0 Å². The van der Waals surface area contributed by atoms with Crippen molar-refractivity contribution in [3.63, 3.8) is 0 Å². The molecule has 0 amide bonds. The SMILES string of the molecule is c1cc2ccc3sc4ccc5cccc6o[n+]3c2c(c1)o[n+]4c56. The van der Waals surface area contributed by atoms with E-state index in [9.17, 15) is 0 Å². The van der Waals surface area contributed by atoms with Gasteiger partial charge in [-0.15, -0.1) is 0 Å². The predicted molar refractivity (Wildman–Crippen MR) is 87.7 cm³/mol. The molecule has 7 aromatic rings. The zero-order chi connectivity index (χ0) is 15.0. The maximum Gasteiger partial charge on any atom is 0.319 e. The van der Waals surface area contributed by atoms with E-state index in [0.717, 1.165) is 42.6 Å². The van der Waals surface area contributed by atoms with Crippen molar-refractivity contribution in [2.45, 2.75) is 0 Å². The molecule has 0 unspecified atom stereocenters. The molecule has 0 spiro atoms. The first-order valence-corrected chi connectivity index (χ1v) is 8.20. The van der Waals surface area contributed by atoms with E-state index in [2.05, 4.69) is 36.4 Å². The van der Waals surface area contributed by atoms with Gasteiger partial charge in [0.2, 0.25) is 0 Å². The van der Waals surface area contributed by atoms with E-state index < -0.39 is 0 Å². The summed E-state index contributed by atoms with van der Waals surface area (Å²) in [5.41, 5.74) is 3.47. The third-order valence-corrected chi connectivity index (χ3v) is 5.29. The number of benzene rings is 2. The molecule has 2 aromatic carbocycles. The molecule has 4 nitrogen and oxygen atoms in total. The van der Waals surface area contributed by atoms with E-state index in [-0.39, 0.29) is 0 Å². The van der Waals surface area contributed by atoms with Crippen molar-refractivity contribution in [1.82, 2.24) is 0 Å². The molecule has 0 aliphatic heterocycles. The molecule has 5 heterocycles. The Morgan fingerprint density at radius 3 is 1.65 bits per heavy atom. The number of aromatic nitrogens is 2. The Kier molecular flexibility index (Phi) is 1.96. The minimum atomic E-state index is 0.790. The highest BCUT2D eigenvalue weighted by atomic mass is 32.1. The summed E-state index contributed by atoms with van der Waals surface area (Å²) in [6.07, 6.45) is 0. The summed E-state index contributed by atoms with van der Waals surface area (Å²) in [4.78, 5) is 2.05. The van der Waals surface area contributed by atoms with E-state index in [1.807, 2.05) is 33.4 Å². The Morgan fingerprint density at radius 1 is 0.609 bits per heavy atom. The summed E-state index contributed by atoms with van der Waals surface area (Å²) in [5, 5.41) is 2.17. The van der Waals surface area contributed by atoms with Crippen LogP contribution < -0.4 is 9.15 Å². The Hall–Kier alpha value is -2.92. The van der Waals surface area contributed by atoms with Gasteiger partial charge in [-0.25, -0.2) is 9.05 Å². The fraction of sp³-hybridized carbons (Fsp3) is 0. The lowest BCUT2D eigenvalue weighted by Crippen LogP contribution is -2.28. The normalized spacial score (nSPS) is 12.3. The van der Waals surface area contributed by atoms with E-state index in [1.165, 1.54) is 0 Å². The molecule has 0 aliphatic rings. The molecular formula is C18H10N2O2S+2. The Balaban J connectivity index is 2.18. The van der Waals surface area contributed by atoms with E-state index in [4.69, 9.17) is 9.05 Å². The smallest absolute Gasteiger partial charge is 0.222 e. The molecule has 0 saturated heterocycles. The van der Waals surface area contributed by atoms with E-state index in [0.29, 0.717) is 0 Å². The van der Waals surface area contributed by atoms with Crippen molar-refractivity contribution in [2.75, 3.05) is 0 Å². The largest absolute Gasteiger partial charge is 0.319 e. The van der Waals surface area contributed by atoms with Crippen molar-refractivity contribution < 1.29 is 18.2 Å². The van der Waals surface area contributed by atoms with Gasteiger partial charge in [-0.05, 0) is 36.4 Å². The van der Waals surface area contributed by atoms with Crippen molar-refractivity contribution in [3.05, 3.63) is 60.7 Å². The van der Waals surface area contributed by atoms with Gasteiger partial charge >= 0.3 is 20.7 Å². The average Bonchev–Trinajstić information content (AvgIpc) is 2.55. The van der Waals surface area contributed by atoms with Crippen LogP contribution in [0.3, 0.4) is 0 Å². The standard InChI is InChI=1S/C18H10N2O2S/c1-3-11-7-9-15-19-17(11)13(5-1)21-20-16(23-15)10-8-12-4-2-6-14(22-19)18(12)20/h1-10H/q+2. The van der Waals surface area contributed by atoms with Gasteiger partial charge in [0.25, 0.3) is 11.2 Å².